The molecule has 4 rings (SSSR count). The first kappa shape index (κ1) is 22.1. The van der Waals surface area contributed by atoms with Gasteiger partial charge in [-0.05, 0) is 35.7 Å². The summed E-state index contributed by atoms with van der Waals surface area (Å²) in [5.74, 6) is -2.56. The maximum Gasteiger partial charge on any atom is 0.449 e. The van der Waals surface area contributed by atoms with Crippen molar-refractivity contribution in [3.63, 3.8) is 0 Å². The number of carbonyl (C=O) groups is 1. The van der Waals surface area contributed by atoms with Crippen LogP contribution in [-0.4, -0.2) is 46.9 Å². The third kappa shape index (κ3) is 4.02. The molecule has 3 aromatic rings. The standard InChI is InChI=1S/C22H21F4N3O3/c1-13-14(11-23)3-2-4-15(13)12-29-18-10-16(28-5-7-32-8-6-28)9-17(20(30)31)19(18)27-21(29)22(24,25)26/h2-4,9-10H,5-8,11-12H2,1H3,(H,30,31). The van der Waals surface area contributed by atoms with E-state index in [0.29, 0.717) is 48.7 Å². The molecule has 0 bridgehead atoms. The lowest BCUT2D eigenvalue weighted by molar-refractivity contribution is -0.146. The van der Waals surface area contributed by atoms with Crippen molar-refractivity contribution < 1.29 is 32.2 Å². The van der Waals surface area contributed by atoms with E-state index < -0.39 is 24.6 Å². The fraction of sp³-hybridized carbons (Fsp3) is 0.364. The van der Waals surface area contributed by atoms with Crippen molar-refractivity contribution in [2.24, 2.45) is 0 Å². The summed E-state index contributed by atoms with van der Waals surface area (Å²) in [6.07, 6.45) is -4.81. The van der Waals surface area contributed by atoms with Crippen LogP contribution < -0.4 is 4.90 Å². The quantitative estimate of drug-likeness (QED) is 0.582. The summed E-state index contributed by atoms with van der Waals surface area (Å²) in [4.78, 5) is 17.5. The Morgan fingerprint density at radius 2 is 1.88 bits per heavy atom. The highest BCUT2D eigenvalue weighted by Gasteiger charge is 2.38. The zero-order chi connectivity index (χ0) is 23.0. The van der Waals surface area contributed by atoms with E-state index in [1.54, 1.807) is 25.1 Å². The van der Waals surface area contributed by atoms with E-state index in [9.17, 15) is 27.5 Å². The number of benzene rings is 2. The average molecular weight is 451 g/mol. The largest absolute Gasteiger partial charge is 0.478 e. The lowest BCUT2D eigenvalue weighted by atomic mass is 10.0. The van der Waals surface area contributed by atoms with Crippen LogP contribution in [0.5, 0.6) is 0 Å². The fourth-order valence-corrected chi connectivity index (χ4v) is 3.97. The third-order valence-electron chi connectivity index (χ3n) is 5.73. The molecule has 0 unspecified atom stereocenters. The molecule has 2 aromatic carbocycles. The van der Waals surface area contributed by atoms with Gasteiger partial charge in [0.15, 0.2) is 0 Å². The Morgan fingerprint density at radius 1 is 1.19 bits per heavy atom. The molecule has 0 radical (unpaired) electrons. The Hall–Kier alpha value is -3.14. The minimum absolute atomic E-state index is 0.0590. The van der Waals surface area contributed by atoms with Crippen LogP contribution in [0.4, 0.5) is 23.2 Å². The van der Waals surface area contributed by atoms with Crippen LogP contribution in [0.2, 0.25) is 0 Å². The smallest absolute Gasteiger partial charge is 0.449 e. The van der Waals surface area contributed by atoms with E-state index in [1.807, 2.05) is 4.90 Å². The van der Waals surface area contributed by atoms with Crippen LogP contribution in [-0.2, 0) is 24.1 Å². The van der Waals surface area contributed by atoms with Gasteiger partial charge >= 0.3 is 12.1 Å². The number of aromatic nitrogens is 2. The van der Waals surface area contributed by atoms with Crippen molar-refractivity contribution in [1.29, 1.82) is 0 Å². The third-order valence-corrected chi connectivity index (χ3v) is 5.73. The van der Waals surface area contributed by atoms with Crippen LogP contribution >= 0.6 is 0 Å². The fourth-order valence-electron chi connectivity index (χ4n) is 3.97. The maximum atomic E-state index is 13.9. The van der Waals surface area contributed by atoms with Crippen LogP contribution in [0.25, 0.3) is 11.0 Å². The van der Waals surface area contributed by atoms with Crippen molar-refractivity contribution >= 4 is 22.7 Å². The molecular formula is C22H21F4N3O3. The topological polar surface area (TPSA) is 67.6 Å². The Morgan fingerprint density at radius 3 is 2.50 bits per heavy atom. The number of morpholine rings is 1. The Bertz CT molecular complexity index is 1170. The molecule has 0 saturated carbocycles. The molecule has 0 atom stereocenters. The molecular weight excluding hydrogens is 430 g/mol. The molecule has 0 aliphatic carbocycles. The van der Waals surface area contributed by atoms with E-state index in [1.165, 1.54) is 12.1 Å². The number of aromatic carboxylic acids is 1. The van der Waals surface area contributed by atoms with Gasteiger partial charge < -0.3 is 19.3 Å². The number of carboxylic acids is 1. The van der Waals surface area contributed by atoms with Gasteiger partial charge in [-0.15, -0.1) is 0 Å². The van der Waals surface area contributed by atoms with Gasteiger partial charge in [-0.3, -0.25) is 0 Å². The normalized spacial score (nSPS) is 14.8. The number of alkyl halides is 4. The van der Waals surface area contributed by atoms with Gasteiger partial charge in [-0.1, -0.05) is 18.2 Å². The summed E-state index contributed by atoms with van der Waals surface area (Å²) in [6, 6.07) is 7.68. The molecule has 1 aliphatic heterocycles. The van der Waals surface area contributed by atoms with E-state index in [-0.39, 0.29) is 23.1 Å². The summed E-state index contributed by atoms with van der Waals surface area (Å²) in [5, 5.41) is 9.70. The first-order valence-electron chi connectivity index (χ1n) is 10.0. The summed E-state index contributed by atoms with van der Waals surface area (Å²) in [7, 11) is 0. The number of fused-ring (bicyclic) bond motifs is 1. The monoisotopic (exact) mass is 451 g/mol. The number of nitrogens with zero attached hydrogens (tertiary/aromatic N) is 3. The molecule has 0 amide bonds. The average Bonchev–Trinajstić information content (AvgIpc) is 3.14. The van der Waals surface area contributed by atoms with Crippen molar-refractivity contribution in [3.8, 4) is 0 Å². The van der Waals surface area contributed by atoms with Gasteiger partial charge in [-0.25, -0.2) is 14.2 Å². The number of halogens is 4. The summed E-state index contributed by atoms with van der Waals surface area (Å²) < 4.78 is 61.3. The van der Waals surface area contributed by atoms with Crippen molar-refractivity contribution in [2.45, 2.75) is 26.3 Å². The minimum atomic E-state index is -4.81. The Balaban J connectivity index is 1.95. The molecule has 1 N–H and O–H groups in total. The Kier molecular flexibility index (Phi) is 5.81. The first-order chi connectivity index (χ1) is 15.2. The maximum absolute atomic E-state index is 13.9. The highest BCUT2D eigenvalue weighted by atomic mass is 19.4. The highest BCUT2D eigenvalue weighted by molar-refractivity contribution is 6.03. The number of imidazole rings is 1. The van der Waals surface area contributed by atoms with Crippen LogP contribution in [0, 0.1) is 6.92 Å². The lowest BCUT2D eigenvalue weighted by Gasteiger charge is -2.29. The second-order valence-corrected chi connectivity index (χ2v) is 7.62. The summed E-state index contributed by atoms with van der Waals surface area (Å²) in [5.41, 5.74) is 1.45. The molecule has 1 aliphatic rings. The number of rotatable bonds is 5. The molecule has 6 nitrogen and oxygen atoms in total. The number of hydrogen-bond acceptors (Lipinski definition) is 4. The predicted molar refractivity (Wildman–Crippen MR) is 110 cm³/mol. The van der Waals surface area contributed by atoms with Gasteiger partial charge in [0.1, 0.15) is 12.2 Å². The predicted octanol–water partition coefficient (Wildman–Crippen LogP) is 4.42. The van der Waals surface area contributed by atoms with Crippen molar-refractivity contribution in [1.82, 2.24) is 9.55 Å². The Labute approximate surface area is 181 Å². The number of carboxylic acid groups (broad SMARTS) is 1. The molecule has 0 spiro atoms. The first-order valence-corrected chi connectivity index (χ1v) is 10.0. The molecule has 2 heterocycles. The molecule has 170 valence electrons. The molecule has 32 heavy (non-hydrogen) atoms. The zero-order valence-corrected chi connectivity index (χ0v) is 17.2. The van der Waals surface area contributed by atoms with Crippen LogP contribution in [0.1, 0.15) is 32.9 Å². The molecule has 10 heteroatoms. The minimum Gasteiger partial charge on any atom is -0.478 e. The van der Waals surface area contributed by atoms with Gasteiger partial charge in [0.2, 0.25) is 5.82 Å². The van der Waals surface area contributed by atoms with Gasteiger partial charge in [-0.2, -0.15) is 13.2 Å². The number of ether oxygens (including phenoxy) is 1. The summed E-state index contributed by atoms with van der Waals surface area (Å²) in [6.45, 7) is 2.53. The number of hydrogen-bond donors (Lipinski definition) is 1. The molecule has 1 saturated heterocycles. The van der Waals surface area contributed by atoms with Crippen LogP contribution in [0.3, 0.4) is 0 Å². The molecule has 1 fully saturated rings. The van der Waals surface area contributed by atoms with Crippen molar-refractivity contribution in [3.05, 3.63) is 58.4 Å². The second kappa shape index (κ2) is 8.42. The van der Waals surface area contributed by atoms with Gasteiger partial charge in [0.05, 0.1) is 24.3 Å². The molecule has 1 aromatic heterocycles. The van der Waals surface area contributed by atoms with E-state index in [2.05, 4.69) is 4.98 Å². The van der Waals surface area contributed by atoms with E-state index in [4.69, 9.17) is 4.74 Å². The number of anilines is 1. The SMILES string of the molecule is Cc1c(CF)cccc1Cn1c(C(F)(F)F)nc2c(C(=O)O)cc(N3CCOCC3)cc21. The van der Waals surface area contributed by atoms with Crippen molar-refractivity contribution in [2.75, 3.05) is 31.2 Å². The summed E-state index contributed by atoms with van der Waals surface area (Å²) >= 11 is 0. The van der Waals surface area contributed by atoms with E-state index >= 15 is 0 Å². The lowest BCUT2D eigenvalue weighted by Crippen LogP contribution is -2.36. The van der Waals surface area contributed by atoms with Gasteiger partial charge in [0.25, 0.3) is 0 Å². The van der Waals surface area contributed by atoms with Crippen LogP contribution in [0.15, 0.2) is 30.3 Å². The second-order valence-electron chi connectivity index (χ2n) is 7.62. The highest BCUT2D eigenvalue weighted by Crippen LogP contribution is 2.35. The van der Waals surface area contributed by atoms with E-state index in [0.717, 1.165) is 4.57 Å². The zero-order valence-electron chi connectivity index (χ0n) is 17.2. The van der Waals surface area contributed by atoms with Gasteiger partial charge in [0, 0.05) is 25.3 Å².